The van der Waals surface area contributed by atoms with Gasteiger partial charge in [0.05, 0.1) is 5.69 Å². The van der Waals surface area contributed by atoms with Crippen LogP contribution in [0.4, 0.5) is 0 Å². The van der Waals surface area contributed by atoms with Crippen molar-refractivity contribution in [3.05, 3.63) is 10.6 Å². The molecule has 1 saturated carbocycles. The van der Waals surface area contributed by atoms with Crippen molar-refractivity contribution in [2.24, 2.45) is 11.8 Å². The van der Waals surface area contributed by atoms with Gasteiger partial charge in [-0.3, -0.25) is 4.79 Å². The van der Waals surface area contributed by atoms with Crippen LogP contribution in [0.15, 0.2) is 0 Å². The van der Waals surface area contributed by atoms with Crippen molar-refractivity contribution in [3.63, 3.8) is 0 Å². The number of amides is 1. The summed E-state index contributed by atoms with van der Waals surface area (Å²) in [5, 5.41) is 7.93. The lowest BCUT2D eigenvalue weighted by Crippen LogP contribution is -2.34. The molecule has 18 heavy (non-hydrogen) atoms. The van der Waals surface area contributed by atoms with Crippen LogP contribution in [0, 0.1) is 18.8 Å². The van der Waals surface area contributed by atoms with Crippen LogP contribution in [0.3, 0.4) is 0 Å². The largest absolute Gasteiger partial charge is 0.351 e. The number of carbonyl (C=O) groups excluding carboxylic acids is 1. The van der Waals surface area contributed by atoms with E-state index in [4.69, 9.17) is 0 Å². The molecule has 1 amide bonds. The summed E-state index contributed by atoms with van der Waals surface area (Å²) >= 11 is 4.75. The van der Waals surface area contributed by atoms with Gasteiger partial charge >= 0.3 is 0 Å². The molecule has 1 aromatic rings. The summed E-state index contributed by atoms with van der Waals surface area (Å²) in [5.41, 5.74) is 0.721. The molecule has 2 atom stereocenters. The fourth-order valence-corrected chi connectivity index (χ4v) is 3.93. The first kappa shape index (κ1) is 13.9. The summed E-state index contributed by atoms with van der Waals surface area (Å²) in [6, 6.07) is 0. The third-order valence-electron chi connectivity index (χ3n) is 3.65. The highest BCUT2D eigenvalue weighted by atomic mass is 79.9. The Balaban J connectivity index is 1.87. The van der Waals surface area contributed by atoms with Crippen molar-refractivity contribution in [3.8, 4) is 0 Å². The van der Waals surface area contributed by atoms with Crippen molar-refractivity contribution < 1.29 is 4.79 Å². The maximum absolute atomic E-state index is 12.0. The quantitative estimate of drug-likeness (QED) is 0.863. The van der Waals surface area contributed by atoms with E-state index in [0.29, 0.717) is 16.7 Å². The van der Waals surface area contributed by atoms with Crippen molar-refractivity contribution in [1.82, 2.24) is 14.9 Å². The number of alkyl halides is 1. The first-order valence-electron chi connectivity index (χ1n) is 6.35. The monoisotopic (exact) mass is 331 g/mol. The molecule has 1 fully saturated rings. The van der Waals surface area contributed by atoms with E-state index in [0.717, 1.165) is 17.6 Å². The van der Waals surface area contributed by atoms with Gasteiger partial charge in [0.25, 0.3) is 5.91 Å². The molecule has 1 aliphatic carbocycles. The van der Waals surface area contributed by atoms with E-state index >= 15 is 0 Å². The van der Waals surface area contributed by atoms with E-state index in [2.05, 4.69) is 30.8 Å². The predicted molar refractivity (Wildman–Crippen MR) is 76.2 cm³/mol. The summed E-state index contributed by atoms with van der Waals surface area (Å²) in [7, 11) is 0. The van der Waals surface area contributed by atoms with E-state index < -0.39 is 0 Å². The van der Waals surface area contributed by atoms with Crippen molar-refractivity contribution in [2.45, 2.75) is 32.6 Å². The van der Waals surface area contributed by atoms with Gasteiger partial charge in [-0.2, -0.15) is 0 Å². The molecular formula is C12H18BrN3OS. The van der Waals surface area contributed by atoms with E-state index in [1.807, 2.05) is 6.92 Å². The third kappa shape index (κ3) is 3.29. The Morgan fingerprint density at radius 2 is 2.17 bits per heavy atom. The standard InChI is InChI=1S/C12H18BrN3OS/c1-8-11(18-16-15-8)12(17)14-7-10-5-3-2-4-9(10)6-13/h9-10H,2-7H2,1H3,(H,14,17). The highest BCUT2D eigenvalue weighted by molar-refractivity contribution is 9.09. The van der Waals surface area contributed by atoms with Crippen molar-refractivity contribution in [2.75, 3.05) is 11.9 Å². The molecule has 0 aliphatic heterocycles. The molecule has 2 unspecified atom stereocenters. The topological polar surface area (TPSA) is 54.9 Å². The van der Waals surface area contributed by atoms with Crippen molar-refractivity contribution >= 4 is 33.4 Å². The number of halogens is 1. The Hall–Kier alpha value is -0.490. The average Bonchev–Trinajstić information content (AvgIpc) is 2.82. The second kappa shape index (κ2) is 6.61. The molecule has 1 aromatic heterocycles. The van der Waals surface area contributed by atoms with E-state index in [9.17, 15) is 4.79 Å². The van der Waals surface area contributed by atoms with Crippen LogP contribution in [0.25, 0.3) is 0 Å². The molecular weight excluding hydrogens is 314 g/mol. The number of carbonyl (C=O) groups is 1. The Morgan fingerprint density at radius 1 is 1.44 bits per heavy atom. The summed E-state index contributed by atoms with van der Waals surface area (Å²) in [6.07, 6.45) is 5.09. The van der Waals surface area contributed by atoms with Gasteiger partial charge in [-0.15, -0.1) is 5.10 Å². The third-order valence-corrected chi connectivity index (χ3v) is 5.31. The second-order valence-corrected chi connectivity index (χ2v) is 6.26. The molecule has 0 radical (unpaired) electrons. The van der Waals surface area contributed by atoms with Gasteiger partial charge in [-0.05, 0) is 43.1 Å². The zero-order chi connectivity index (χ0) is 13.0. The summed E-state index contributed by atoms with van der Waals surface area (Å²) in [6.45, 7) is 2.59. The average molecular weight is 332 g/mol. The molecule has 0 bridgehead atoms. The smallest absolute Gasteiger partial charge is 0.264 e. The van der Waals surface area contributed by atoms with Crippen LogP contribution in [0.2, 0.25) is 0 Å². The summed E-state index contributed by atoms with van der Waals surface area (Å²) < 4.78 is 3.79. The number of aryl methyl sites for hydroxylation is 1. The van der Waals surface area contributed by atoms with Crippen LogP contribution in [0.5, 0.6) is 0 Å². The number of aromatic nitrogens is 2. The molecule has 1 heterocycles. The zero-order valence-corrected chi connectivity index (χ0v) is 12.9. The van der Waals surface area contributed by atoms with Gasteiger partial charge in [0.1, 0.15) is 4.88 Å². The molecule has 0 saturated heterocycles. The van der Waals surface area contributed by atoms with Gasteiger partial charge in [-0.1, -0.05) is 33.3 Å². The number of nitrogens with one attached hydrogen (secondary N) is 1. The van der Waals surface area contributed by atoms with Crippen LogP contribution in [-0.4, -0.2) is 27.4 Å². The SMILES string of the molecule is Cc1nnsc1C(=O)NCC1CCCCC1CBr. The van der Waals surface area contributed by atoms with Crippen LogP contribution in [-0.2, 0) is 0 Å². The highest BCUT2D eigenvalue weighted by Crippen LogP contribution is 2.30. The van der Waals surface area contributed by atoms with Gasteiger partial charge in [0, 0.05) is 11.9 Å². The fraction of sp³-hybridized carbons (Fsp3) is 0.750. The number of hydrogen-bond donors (Lipinski definition) is 1. The Labute approximate surface area is 120 Å². The lowest BCUT2D eigenvalue weighted by molar-refractivity contribution is 0.0940. The van der Waals surface area contributed by atoms with Gasteiger partial charge in [-0.25, -0.2) is 0 Å². The number of nitrogens with zero attached hydrogens (tertiary/aromatic N) is 2. The lowest BCUT2D eigenvalue weighted by Gasteiger charge is -2.30. The first-order chi connectivity index (χ1) is 8.72. The zero-order valence-electron chi connectivity index (χ0n) is 10.5. The van der Waals surface area contributed by atoms with Gasteiger partial charge in [0.15, 0.2) is 0 Å². The van der Waals surface area contributed by atoms with Crippen LogP contribution < -0.4 is 5.32 Å². The van der Waals surface area contributed by atoms with Gasteiger partial charge in [0.2, 0.25) is 0 Å². The van der Waals surface area contributed by atoms with E-state index in [-0.39, 0.29) is 5.91 Å². The molecule has 6 heteroatoms. The molecule has 0 spiro atoms. The number of rotatable bonds is 4. The molecule has 1 N–H and O–H groups in total. The maximum atomic E-state index is 12.0. The maximum Gasteiger partial charge on any atom is 0.264 e. The Bertz CT molecular complexity index is 410. The lowest BCUT2D eigenvalue weighted by atomic mass is 9.80. The van der Waals surface area contributed by atoms with Crippen LogP contribution >= 0.6 is 27.5 Å². The predicted octanol–water partition coefficient (Wildman–Crippen LogP) is 2.78. The minimum absolute atomic E-state index is 0.0265. The van der Waals surface area contributed by atoms with Crippen molar-refractivity contribution in [1.29, 1.82) is 0 Å². The summed E-state index contributed by atoms with van der Waals surface area (Å²) in [5.74, 6) is 1.27. The van der Waals surface area contributed by atoms with Crippen LogP contribution in [0.1, 0.15) is 41.0 Å². The first-order valence-corrected chi connectivity index (χ1v) is 8.25. The van der Waals surface area contributed by atoms with Gasteiger partial charge < -0.3 is 5.32 Å². The highest BCUT2D eigenvalue weighted by Gasteiger charge is 2.25. The minimum atomic E-state index is -0.0265. The van der Waals surface area contributed by atoms with E-state index in [1.54, 1.807) is 0 Å². The molecule has 2 rings (SSSR count). The molecule has 100 valence electrons. The van der Waals surface area contributed by atoms with E-state index in [1.165, 1.54) is 37.2 Å². The number of hydrogen-bond acceptors (Lipinski definition) is 4. The molecule has 0 aromatic carbocycles. The molecule has 4 nitrogen and oxygen atoms in total. The Kier molecular flexibility index (Phi) is 5.12. The summed E-state index contributed by atoms with van der Waals surface area (Å²) in [4.78, 5) is 12.6. The normalized spacial score (nSPS) is 23.9. The second-order valence-electron chi connectivity index (χ2n) is 4.86. The Morgan fingerprint density at radius 3 is 2.78 bits per heavy atom. The minimum Gasteiger partial charge on any atom is -0.351 e. The molecule has 1 aliphatic rings. The fourth-order valence-electron chi connectivity index (χ4n) is 2.50.